The number of piperazine rings is 1. The second-order valence-electron chi connectivity index (χ2n) is 6.27. The zero-order valence-electron chi connectivity index (χ0n) is 14.1. The molecule has 2 rings (SSSR count). The van der Waals surface area contributed by atoms with Crippen molar-refractivity contribution in [2.75, 3.05) is 33.2 Å². The molecule has 1 aromatic rings. The molecular weight excluding hydrogens is 292 g/mol. The van der Waals surface area contributed by atoms with Gasteiger partial charge in [-0.15, -0.1) is 0 Å². The van der Waals surface area contributed by atoms with Crippen molar-refractivity contribution in [1.82, 2.24) is 20.4 Å². The second-order valence-corrected chi connectivity index (χ2v) is 6.27. The van der Waals surface area contributed by atoms with E-state index in [0.29, 0.717) is 12.1 Å². The molecule has 6 heteroatoms. The van der Waals surface area contributed by atoms with E-state index < -0.39 is 0 Å². The van der Waals surface area contributed by atoms with Gasteiger partial charge in [0.1, 0.15) is 0 Å². The molecule has 1 fully saturated rings. The quantitative estimate of drug-likeness (QED) is 0.879. The van der Waals surface area contributed by atoms with Crippen LogP contribution in [0.15, 0.2) is 24.3 Å². The van der Waals surface area contributed by atoms with E-state index in [1.807, 2.05) is 43.0 Å². The Hall–Kier alpha value is -2.08. The first-order chi connectivity index (χ1) is 11.0. The number of amides is 3. The van der Waals surface area contributed by atoms with Crippen LogP contribution in [0.3, 0.4) is 0 Å². The van der Waals surface area contributed by atoms with E-state index in [-0.39, 0.29) is 18.0 Å². The van der Waals surface area contributed by atoms with Gasteiger partial charge in [-0.1, -0.05) is 12.1 Å². The van der Waals surface area contributed by atoms with Gasteiger partial charge in [0.2, 0.25) is 0 Å². The molecule has 0 bridgehead atoms. The van der Waals surface area contributed by atoms with Crippen molar-refractivity contribution >= 4 is 11.9 Å². The maximum atomic E-state index is 12.4. The van der Waals surface area contributed by atoms with Gasteiger partial charge in [-0.05, 0) is 38.6 Å². The second kappa shape index (κ2) is 7.97. The lowest BCUT2D eigenvalue weighted by atomic mass is 10.1. The van der Waals surface area contributed by atoms with Gasteiger partial charge in [-0.3, -0.25) is 4.79 Å². The Balaban J connectivity index is 1.86. The van der Waals surface area contributed by atoms with Crippen LogP contribution < -0.4 is 10.6 Å². The Kier molecular flexibility index (Phi) is 5.98. The summed E-state index contributed by atoms with van der Waals surface area (Å²) >= 11 is 0. The van der Waals surface area contributed by atoms with E-state index in [9.17, 15) is 9.59 Å². The summed E-state index contributed by atoms with van der Waals surface area (Å²) in [6.45, 7) is 7.65. The van der Waals surface area contributed by atoms with Gasteiger partial charge in [0.05, 0.1) is 0 Å². The fourth-order valence-electron chi connectivity index (χ4n) is 2.45. The summed E-state index contributed by atoms with van der Waals surface area (Å²) in [5, 5.41) is 5.57. The number of nitrogens with zero attached hydrogens (tertiary/aromatic N) is 2. The topological polar surface area (TPSA) is 64.7 Å². The largest absolute Gasteiger partial charge is 0.336 e. The minimum absolute atomic E-state index is 0.0789. The molecule has 6 nitrogen and oxygen atoms in total. The molecule has 0 aromatic heterocycles. The van der Waals surface area contributed by atoms with Gasteiger partial charge in [0.15, 0.2) is 0 Å². The molecule has 3 amide bonds. The van der Waals surface area contributed by atoms with Gasteiger partial charge in [0.25, 0.3) is 5.91 Å². The molecule has 23 heavy (non-hydrogen) atoms. The van der Waals surface area contributed by atoms with E-state index in [4.69, 9.17) is 0 Å². The first-order valence-corrected chi connectivity index (χ1v) is 8.07. The van der Waals surface area contributed by atoms with Crippen molar-refractivity contribution in [2.45, 2.75) is 26.4 Å². The van der Waals surface area contributed by atoms with Crippen LogP contribution in [-0.2, 0) is 6.54 Å². The molecule has 1 heterocycles. The van der Waals surface area contributed by atoms with Gasteiger partial charge in [0, 0.05) is 44.3 Å². The number of nitrogens with one attached hydrogen (secondary N) is 2. The predicted octanol–water partition coefficient (Wildman–Crippen LogP) is 1.28. The molecule has 0 spiro atoms. The lowest BCUT2D eigenvalue weighted by Gasteiger charge is -2.32. The van der Waals surface area contributed by atoms with Gasteiger partial charge in [-0.25, -0.2) is 4.79 Å². The number of carbonyl (C=O) groups is 2. The SMILES string of the molecule is CC(C)NC(=O)NCc1ccc(C(=O)N2CCN(C)CC2)cc1. The van der Waals surface area contributed by atoms with Crippen LogP contribution in [0.5, 0.6) is 0 Å². The number of likely N-dealkylation sites (N-methyl/N-ethyl adjacent to an activating group) is 1. The summed E-state index contributed by atoms with van der Waals surface area (Å²) in [4.78, 5) is 28.1. The highest BCUT2D eigenvalue weighted by molar-refractivity contribution is 5.94. The van der Waals surface area contributed by atoms with Crippen molar-refractivity contribution < 1.29 is 9.59 Å². The minimum atomic E-state index is -0.183. The highest BCUT2D eigenvalue weighted by atomic mass is 16.2. The van der Waals surface area contributed by atoms with Gasteiger partial charge >= 0.3 is 6.03 Å². The molecule has 0 atom stereocenters. The summed E-state index contributed by atoms with van der Waals surface area (Å²) in [5.74, 6) is 0.0789. The first-order valence-electron chi connectivity index (χ1n) is 8.07. The summed E-state index contributed by atoms with van der Waals surface area (Å²) < 4.78 is 0. The molecule has 126 valence electrons. The van der Waals surface area contributed by atoms with E-state index in [0.717, 1.165) is 31.7 Å². The summed E-state index contributed by atoms with van der Waals surface area (Å²) in [5.41, 5.74) is 1.67. The zero-order chi connectivity index (χ0) is 16.8. The number of rotatable bonds is 4. The first kappa shape index (κ1) is 17.3. The number of carbonyl (C=O) groups excluding carboxylic acids is 2. The number of hydrogen-bond acceptors (Lipinski definition) is 3. The minimum Gasteiger partial charge on any atom is -0.336 e. The molecule has 0 radical (unpaired) electrons. The maximum Gasteiger partial charge on any atom is 0.315 e. The lowest BCUT2D eigenvalue weighted by molar-refractivity contribution is 0.0664. The van der Waals surface area contributed by atoms with E-state index in [1.165, 1.54) is 0 Å². The summed E-state index contributed by atoms with van der Waals surface area (Å²) in [7, 11) is 2.07. The highest BCUT2D eigenvalue weighted by Gasteiger charge is 2.20. The van der Waals surface area contributed by atoms with Crippen LogP contribution in [0.1, 0.15) is 29.8 Å². The smallest absolute Gasteiger partial charge is 0.315 e. The number of benzene rings is 1. The van der Waals surface area contributed by atoms with Crippen molar-refractivity contribution in [3.63, 3.8) is 0 Å². The van der Waals surface area contributed by atoms with Crippen LogP contribution in [0.4, 0.5) is 4.79 Å². The Labute approximate surface area is 137 Å². The molecule has 1 aromatic carbocycles. The zero-order valence-corrected chi connectivity index (χ0v) is 14.1. The summed E-state index contributed by atoms with van der Waals surface area (Å²) in [6.07, 6.45) is 0. The third kappa shape index (κ3) is 5.25. The Morgan fingerprint density at radius 3 is 2.26 bits per heavy atom. The molecule has 1 aliphatic heterocycles. The third-order valence-electron chi connectivity index (χ3n) is 3.86. The highest BCUT2D eigenvalue weighted by Crippen LogP contribution is 2.10. The molecule has 0 unspecified atom stereocenters. The lowest BCUT2D eigenvalue weighted by Crippen LogP contribution is -2.47. The normalized spacial score (nSPS) is 15.6. The number of hydrogen-bond donors (Lipinski definition) is 2. The molecule has 2 N–H and O–H groups in total. The van der Waals surface area contributed by atoms with Crippen molar-refractivity contribution in [3.05, 3.63) is 35.4 Å². The average molecular weight is 318 g/mol. The third-order valence-corrected chi connectivity index (χ3v) is 3.86. The standard InChI is InChI=1S/C17H26N4O2/c1-13(2)19-17(23)18-12-14-4-6-15(7-5-14)16(22)21-10-8-20(3)9-11-21/h4-7,13H,8-12H2,1-3H3,(H2,18,19,23). The van der Waals surface area contributed by atoms with Gasteiger partial charge in [-0.2, -0.15) is 0 Å². The van der Waals surface area contributed by atoms with Crippen molar-refractivity contribution in [1.29, 1.82) is 0 Å². The molecule has 0 saturated carbocycles. The van der Waals surface area contributed by atoms with E-state index in [2.05, 4.69) is 22.6 Å². The van der Waals surface area contributed by atoms with Gasteiger partial charge < -0.3 is 20.4 Å². The Morgan fingerprint density at radius 2 is 1.70 bits per heavy atom. The fraction of sp³-hybridized carbons (Fsp3) is 0.529. The molecular formula is C17H26N4O2. The van der Waals surface area contributed by atoms with Crippen LogP contribution in [0.2, 0.25) is 0 Å². The summed E-state index contributed by atoms with van der Waals surface area (Å²) in [6, 6.07) is 7.37. The monoisotopic (exact) mass is 318 g/mol. The number of urea groups is 1. The maximum absolute atomic E-state index is 12.4. The molecule has 1 saturated heterocycles. The molecule has 1 aliphatic rings. The Morgan fingerprint density at radius 1 is 1.09 bits per heavy atom. The van der Waals surface area contributed by atoms with Crippen molar-refractivity contribution in [3.8, 4) is 0 Å². The van der Waals surface area contributed by atoms with Crippen LogP contribution in [0.25, 0.3) is 0 Å². The molecule has 0 aliphatic carbocycles. The van der Waals surface area contributed by atoms with E-state index in [1.54, 1.807) is 0 Å². The van der Waals surface area contributed by atoms with Crippen molar-refractivity contribution in [2.24, 2.45) is 0 Å². The van der Waals surface area contributed by atoms with Crippen LogP contribution >= 0.6 is 0 Å². The fourth-order valence-corrected chi connectivity index (χ4v) is 2.45. The predicted molar refractivity (Wildman–Crippen MR) is 90.3 cm³/mol. The van der Waals surface area contributed by atoms with Crippen LogP contribution in [0, 0.1) is 0 Å². The average Bonchev–Trinajstić information content (AvgIpc) is 2.53. The Bertz CT molecular complexity index is 534. The van der Waals surface area contributed by atoms with Crippen LogP contribution in [-0.4, -0.2) is 61.0 Å². The van der Waals surface area contributed by atoms with E-state index >= 15 is 0 Å².